The van der Waals surface area contributed by atoms with Gasteiger partial charge in [0.05, 0.1) is 17.2 Å². The topological polar surface area (TPSA) is 114 Å². The van der Waals surface area contributed by atoms with E-state index in [1.54, 1.807) is 18.2 Å². The molecule has 0 bridgehead atoms. The fraction of sp³-hybridized carbons (Fsp3) is 0.348. The van der Waals surface area contributed by atoms with E-state index >= 15 is 0 Å². The minimum Gasteiger partial charge on any atom is -0.309 e. The highest BCUT2D eigenvalue weighted by atomic mass is 32.2. The summed E-state index contributed by atoms with van der Waals surface area (Å²) >= 11 is 0. The number of pyridine rings is 1. The molecule has 8 nitrogen and oxygen atoms in total. The number of hydrogen-bond donors (Lipinski definition) is 0. The lowest BCUT2D eigenvalue weighted by Crippen LogP contribution is -2.34. The molecule has 0 saturated heterocycles. The van der Waals surface area contributed by atoms with Crippen LogP contribution in [-0.4, -0.2) is 45.1 Å². The maximum atomic E-state index is 13.8. The fourth-order valence-electron chi connectivity index (χ4n) is 4.20. The number of nitrogens with zero attached hydrogens (tertiary/aromatic N) is 6. The second-order valence-electron chi connectivity index (χ2n) is 8.84. The Bertz CT molecular complexity index is 1740. The summed E-state index contributed by atoms with van der Waals surface area (Å²) in [5.74, 6) is -5.66. The molecule has 1 aromatic carbocycles. The number of nitriles is 1. The van der Waals surface area contributed by atoms with Gasteiger partial charge in [0.2, 0.25) is 0 Å². The van der Waals surface area contributed by atoms with Crippen molar-refractivity contribution in [3.63, 3.8) is 0 Å². The van der Waals surface area contributed by atoms with Crippen LogP contribution in [0.2, 0.25) is 0 Å². The molecule has 37 heavy (non-hydrogen) atoms. The van der Waals surface area contributed by atoms with Gasteiger partial charge in [-0.2, -0.15) is 27.2 Å². The smallest absolute Gasteiger partial charge is 0.309 e. The number of halogens is 5. The third kappa shape index (κ3) is 3.71. The molecule has 4 aromatic rings. The van der Waals surface area contributed by atoms with Gasteiger partial charge in [0.25, 0.3) is 0 Å². The standard InChI is InChI=1S/C23H17F5N6O2S/c1-3-37(35,36)18-14-5-4-13(21(11-29)6-7-21)8-12(14)10-30-17(18)20-31-15-9-16(22(24,25)23(26,27)28)32-33-19(15)34(20)2/h4-5,8-10H,3,6-7H2,1-2H3. The van der Waals surface area contributed by atoms with Crippen molar-refractivity contribution in [1.29, 1.82) is 5.26 Å². The van der Waals surface area contributed by atoms with Crippen molar-refractivity contribution in [1.82, 2.24) is 24.7 Å². The van der Waals surface area contributed by atoms with Crippen molar-refractivity contribution >= 4 is 31.8 Å². The summed E-state index contributed by atoms with van der Waals surface area (Å²) in [6.07, 6.45) is -3.10. The van der Waals surface area contributed by atoms with Crippen LogP contribution in [0.1, 0.15) is 31.0 Å². The number of hydrogen-bond acceptors (Lipinski definition) is 7. The second kappa shape index (κ2) is 7.88. The highest BCUT2D eigenvalue weighted by Gasteiger charge is 2.60. The second-order valence-corrected chi connectivity index (χ2v) is 11.1. The molecule has 0 spiro atoms. The SMILES string of the molecule is CCS(=O)(=O)c1c(-c2nc3cc(C(F)(F)C(F)(F)F)nnc3n2C)ncc2cc(C3(C#N)CC3)ccc12. The third-order valence-electron chi connectivity index (χ3n) is 6.56. The molecule has 3 heterocycles. The molecule has 0 unspecified atom stereocenters. The lowest BCUT2D eigenvalue weighted by molar-refractivity contribution is -0.291. The number of benzene rings is 1. The van der Waals surface area contributed by atoms with Gasteiger partial charge in [0.1, 0.15) is 21.8 Å². The number of aromatic nitrogens is 5. The third-order valence-corrected chi connectivity index (χ3v) is 8.35. The summed E-state index contributed by atoms with van der Waals surface area (Å²) in [5, 5.41) is 16.9. The highest BCUT2D eigenvalue weighted by Crippen LogP contribution is 2.48. The lowest BCUT2D eigenvalue weighted by atomic mass is 9.95. The van der Waals surface area contributed by atoms with Crippen LogP contribution < -0.4 is 0 Å². The van der Waals surface area contributed by atoms with Gasteiger partial charge in [0.15, 0.2) is 21.3 Å². The maximum absolute atomic E-state index is 13.8. The predicted molar refractivity (Wildman–Crippen MR) is 121 cm³/mol. The van der Waals surface area contributed by atoms with Crippen molar-refractivity contribution < 1.29 is 30.4 Å². The minimum absolute atomic E-state index is 0.106. The summed E-state index contributed by atoms with van der Waals surface area (Å²) in [4.78, 5) is 8.26. The average Bonchev–Trinajstić information content (AvgIpc) is 3.59. The Morgan fingerprint density at radius 3 is 2.43 bits per heavy atom. The van der Waals surface area contributed by atoms with E-state index in [4.69, 9.17) is 0 Å². The van der Waals surface area contributed by atoms with E-state index in [-0.39, 0.29) is 33.3 Å². The molecular weight excluding hydrogens is 519 g/mol. The van der Waals surface area contributed by atoms with Gasteiger partial charge < -0.3 is 4.57 Å². The molecule has 0 radical (unpaired) electrons. The molecule has 1 saturated carbocycles. The Kier molecular flexibility index (Phi) is 5.31. The van der Waals surface area contributed by atoms with Crippen LogP contribution in [0, 0.1) is 11.3 Å². The highest BCUT2D eigenvalue weighted by molar-refractivity contribution is 7.91. The van der Waals surface area contributed by atoms with Crippen LogP contribution in [-0.2, 0) is 28.2 Å². The van der Waals surface area contributed by atoms with E-state index in [1.165, 1.54) is 24.7 Å². The number of alkyl halides is 5. The molecule has 14 heteroatoms. The summed E-state index contributed by atoms with van der Waals surface area (Å²) in [5.41, 5.74) is -2.10. The largest absolute Gasteiger partial charge is 0.459 e. The Hall–Kier alpha value is -3.73. The van der Waals surface area contributed by atoms with Crippen LogP contribution in [0.3, 0.4) is 0 Å². The van der Waals surface area contributed by atoms with E-state index in [9.17, 15) is 35.6 Å². The number of fused-ring (bicyclic) bond motifs is 2. The van der Waals surface area contributed by atoms with Crippen molar-refractivity contribution in [2.75, 3.05) is 5.75 Å². The van der Waals surface area contributed by atoms with E-state index in [2.05, 4.69) is 26.2 Å². The molecule has 1 fully saturated rings. The summed E-state index contributed by atoms with van der Waals surface area (Å²) < 4.78 is 93.8. The van der Waals surface area contributed by atoms with E-state index < -0.39 is 33.0 Å². The van der Waals surface area contributed by atoms with Crippen molar-refractivity contribution in [3.8, 4) is 17.6 Å². The average molecular weight is 536 g/mol. The van der Waals surface area contributed by atoms with Gasteiger partial charge >= 0.3 is 12.1 Å². The van der Waals surface area contributed by atoms with Gasteiger partial charge in [-0.25, -0.2) is 13.4 Å². The van der Waals surface area contributed by atoms with Gasteiger partial charge in [-0.3, -0.25) is 4.98 Å². The van der Waals surface area contributed by atoms with Crippen LogP contribution in [0.5, 0.6) is 0 Å². The first kappa shape index (κ1) is 24.9. The quantitative estimate of drug-likeness (QED) is 0.343. The Morgan fingerprint density at radius 2 is 1.84 bits per heavy atom. The lowest BCUT2D eigenvalue weighted by Gasteiger charge is -2.17. The molecule has 0 aliphatic heterocycles. The summed E-state index contributed by atoms with van der Waals surface area (Å²) in [7, 11) is -2.54. The number of aryl methyl sites for hydroxylation is 1. The Morgan fingerprint density at radius 1 is 1.14 bits per heavy atom. The first-order valence-electron chi connectivity index (χ1n) is 11.0. The molecule has 3 aromatic heterocycles. The van der Waals surface area contributed by atoms with Crippen molar-refractivity contribution in [2.24, 2.45) is 7.05 Å². The van der Waals surface area contributed by atoms with E-state index in [1.807, 2.05) is 0 Å². The summed E-state index contributed by atoms with van der Waals surface area (Å²) in [6, 6.07) is 7.73. The predicted octanol–water partition coefficient (Wildman–Crippen LogP) is 4.58. The molecule has 1 aliphatic rings. The van der Waals surface area contributed by atoms with Crippen LogP contribution in [0.15, 0.2) is 35.4 Å². The van der Waals surface area contributed by atoms with Crippen LogP contribution in [0.4, 0.5) is 22.0 Å². The zero-order chi connectivity index (χ0) is 27.0. The molecule has 1 aliphatic carbocycles. The molecule has 0 atom stereocenters. The zero-order valence-corrected chi connectivity index (χ0v) is 20.1. The molecular formula is C23H17F5N6O2S. The zero-order valence-electron chi connectivity index (χ0n) is 19.3. The van der Waals surface area contributed by atoms with E-state index in [0.717, 1.165) is 5.56 Å². The van der Waals surface area contributed by atoms with Gasteiger partial charge in [-0.05, 0) is 30.5 Å². The number of sulfone groups is 1. The van der Waals surface area contributed by atoms with Crippen molar-refractivity contribution in [2.45, 2.75) is 42.2 Å². The first-order chi connectivity index (χ1) is 17.3. The monoisotopic (exact) mass is 536 g/mol. The maximum Gasteiger partial charge on any atom is 0.459 e. The normalized spacial score (nSPS) is 15.7. The first-order valence-corrected chi connectivity index (χ1v) is 12.6. The molecule has 0 amide bonds. The number of rotatable bonds is 5. The van der Waals surface area contributed by atoms with Gasteiger partial charge in [-0.1, -0.05) is 19.1 Å². The molecule has 0 N–H and O–H groups in total. The Labute approximate surface area is 206 Å². The van der Waals surface area contributed by atoms with Crippen molar-refractivity contribution in [3.05, 3.63) is 41.7 Å². The van der Waals surface area contributed by atoms with Gasteiger partial charge in [0, 0.05) is 24.0 Å². The van der Waals surface area contributed by atoms with Crippen LogP contribution in [0.25, 0.3) is 33.5 Å². The van der Waals surface area contributed by atoms with E-state index in [0.29, 0.717) is 29.7 Å². The minimum atomic E-state index is -5.89. The fourth-order valence-corrected chi connectivity index (χ4v) is 5.45. The van der Waals surface area contributed by atoms with Gasteiger partial charge in [-0.15, -0.1) is 10.2 Å². The molecule has 5 rings (SSSR count). The van der Waals surface area contributed by atoms with Crippen LogP contribution >= 0.6 is 0 Å². The Balaban J connectivity index is 1.74. The molecule has 192 valence electrons. The summed E-state index contributed by atoms with van der Waals surface area (Å²) in [6.45, 7) is 1.44. The number of imidazole rings is 1.